The second-order valence-corrected chi connectivity index (χ2v) is 8.65. The minimum atomic E-state index is -0.0800. The molecule has 0 spiro atoms. The molecule has 0 saturated carbocycles. The molecule has 2 aromatic carbocycles. The number of hydrogen-bond donors (Lipinski definition) is 0. The van der Waals surface area contributed by atoms with E-state index < -0.39 is 0 Å². The summed E-state index contributed by atoms with van der Waals surface area (Å²) in [5.74, 6) is 0. The van der Waals surface area contributed by atoms with Crippen LogP contribution < -0.4 is 0 Å². The highest BCUT2D eigenvalue weighted by Gasteiger charge is 2.36. The summed E-state index contributed by atoms with van der Waals surface area (Å²) in [5, 5.41) is 1.18. The Kier molecular flexibility index (Phi) is 3.81. The van der Waals surface area contributed by atoms with Crippen LogP contribution in [0.2, 0.25) is 0 Å². The molecule has 0 fully saturated rings. The molecule has 6 rings (SSSR count). The smallest absolute Gasteiger partial charge is 0.0705 e. The van der Waals surface area contributed by atoms with Crippen LogP contribution in [-0.2, 0) is 5.41 Å². The van der Waals surface area contributed by atoms with Gasteiger partial charge in [0, 0.05) is 46.7 Å². The van der Waals surface area contributed by atoms with Crippen molar-refractivity contribution in [1.29, 1.82) is 0 Å². The third kappa shape index (κ3) is 2.77. The first-order valence-corrected chi connectivity index (χ1v) is 10.5. The Balaban J connectivity index is 1.44. The van der Waals surface area contributed by atoms with Crippen molar-refractivity contribution in [2.24, 2.45) is 0 Å². The van der Waals surface area contributed by atoms with Gasteiger partial charge < -0.3 is 0 Å². The molecule has 148 valence electrons. The fraction of sp³-hybridized carbons (Fsp3) is 0.107. The Bertz CT molecular complexity index is 1440. The van der Waals surface area contributed by atoms with Gasteiger partial charge in [-0.25, -0.2) is 0 Å². The van der Waals surface area contributed by atoms with E-state index in [0.29, 0.717) is 0 Å². The Morgan fingerprint density at radius 1 is 0.645 bits per heavy atom. The average Bonchev–Trinajstić information content (AvgIpc) is 3.04. The van der Waals surface area contributed by atoms with Gasteiger partial charge >= 0.3 is 0 Å². The van der Waals surface area contributed by atoms with Crippen molar-refractivity contribution in [2.75, 3.05) is 0 Å². The van der Waals surface area contributed by atoms with Crippen molar-refractivity contribution < 1.29 is 0 Å². The van der Waals surface area contributed by atoms with Gasteiger partial charge in [0.05, 0.1) is 11.2 Å². The van der Waals surface area contributed by atoms with E-state index in [0.717, 1.165) is 27.9 Å². The SMILES string of the molecule is CC1(C)c2cc(-c3ccc(-c4ccncc4)cn3)ccc2-c2cc3cccnc3cc21. The number of hydrogen-bond acceptors (Lipinski definition) is 3. The molecule has 3 heteroatoms. The van der Waals surface area contributed by atoms with Gasteiger partial charge in [-0.3, -0.25) is 15.0 Å². The van der Waals surface area contributed by atoms with Crippen molar-refractivity contribution in [2.45, 2.75) is 19.3 Å². The third-order valence-electron chi connectivity index (χ3n) is 6.47. The predicted octanol–water partition coefficient (Wildman–Crippen LogP) is 6.67. The lowest BCUT2D eigenvalue weighted by Crippen LogP contribution is -2.15. The van der Waals surface area contributed by atoms with Gasteiger partial charge in [-0.15, -0.1) is 0 Å². The van der Waals surface area contributed by atoms with Gasteiger partial charge in [0.25, 0.3) is 0 Å². The largest absolute Gasteiger partial charge is 0.265 e. The van der Waals surface area contributed by atoms with E-state index in [2.05, 4.69) is 72.3 Å². The highest BCUT2D eigenvalue weighted by molar-refractivity contribution is 5.92. The zero-order chi connectivity index (χ0) is 21.0. The summed E-state index contributed by atoms with van der Waals surface area (Å²) in [6.45, 7) is 4.60. The predicted molar refractivity (Wildman–Crippen MR) is 126 cm³/mol. The van der Waals surface area contributed by atoms with E-state index in [1.165, 1.54) is 27.6 Å². The van der Waals surface area contributed by atoms with Gasteiger partial charge in [0.1, 0.15) is 0 Å². The van der Waals surface area contributed by atoms with Crippen molar-refractivity contribution in [3.8, 4) is 33.5 Å². The molecule has 31 heavy (non-hydrogen) atoms. The number of nitrogens with zero attached hydrogens (tertiary/aromatic N) is 3. The van der Waals surface area contributed by atoms with E-state index in [4.69, 9.17) is 4.98 Å². The van der Waals surface area contributed by atoms with Gasteiger partial charge in [-0.2, -0.15) is 0 Å². The average molecular weight is 399 g/mol. The van der Waals surface area contributed by atoms with Crippen LogP contribution in [0.3, 0.4) is 0 Å². The fourth-order valence-corrected chi connectivity index (χ4v) is 4.74. The second-order valence-electron chi connectivity index (χ2n) is 8.65. The van der Waals surface area contributed by atoms with Crippen molar-refractivity contribution in [1.82, 2.24) is 15.0 Å². The molecule has 0 radical (unpaired) electrons. The fourth-order valence-electron chi connectivity index (χ4n) is 4.74. The first-order valence-electron chi connectivity index (χ1n) is 10.5. The van der Waals surface area contributed by atoms with Crippen molar-refractivity contribution in [3.05, 3.63) is 103 Å². The first-order chi connectivity index (χ1) is 15.1. The van der Waals surface area contributed by atoms with E-state index >= 15 is 0 Å². The summed E-state index contributed by atoms with van der Waals surface area (Å²) in [4.78, 5) is 13.4. The van der Waals surface area contributed by atoms with Crippen molar-refractivity contribution in [3.63, 3.8) is 0 Å². The van der Waals surface area contributed by atoms with Crippen LogP contribution in [-0.4, -0.2) is 15.0 Å². The monoisotopic (exact) mass is 399 g/mol. The summed E-state index contributed by atoms with van der Waals surface area (Å²) in [6.07, 6.45) is 7.42. The molecule has 0 saturated heterocycles. The molecular weight excluding hydrogens is 378 g/mol. The topological polar surface area (TPSA) is 38.7 Å². The van der Waals surface area contributed by atoms with Crippen LogP contribution in [0.5, 0.6) is 0 Å². The van der Waals surface area contributed by atoms with E-state index in [-0.39, 0.29) is 5.41 Å². The molecule has 0 bridgehead atoms. The highest BCUT2D eigenvalue weighted by Crippen LogP contribution is 2.50. The molecule has 3 nitrogen and oxygen atoms in total. The molecule has 3 aromatic heterocycles. The first kappa shape index (κ1) is 18.0. The zero-order valence-corrected chi connectivity index (χ0v) is 17.5. The molecule has 0 N–H and O–H groups in total. The molecule has 1 aliphatic rings. The Hall–Kier alpha value is -3.85. The van der Waals surface area contributed by atoms with E-state index in [9.17, 15) is 0 Å². The van der Waals surface area contributed by atoms with Crippen LogP contribution in [0.1, 0.15) is 25.0 Å². The maximum atomic E-state index is 4.76. The number of benzene rings is 2. The Morgan fingerprint density at radius 2 is 1.45 bits per heavy atom. The molecule has 5 aromatic rings. The molecular formula is C28H21N3. The summed E-state index contributed by atoms with van der Waals surface area (Å²) in [7, 11) is 0. The molecule has 0 unspecified atom stereocenters. The molecule has 1 aliphatic carbocycles. The van der Waals surface area contributed by atoms with Gasteiger partial charge in [-0.05, 0) is 70.3 Å². The summed E-state index contributed by atoms with van der Waals surface area (Å²) in [5.41, 5.74) is 10.6. The van der Waals surface area contributed by atoms with E-state index in [1.807, 2.05) is 43.0 Å². The zero-order valence-electron chi connectivity index (χ0n) is 17.5. The lowest BCUT2D eigenvalue weighted by molar-refractivity contribution is 0.661. The Morgan fingerprint density at radius 3 is 2.26 bits per heavy atom. The quantitative estimate of drug-likeness (QED) is 0.333. The summed E-state index contributed by atoms with van der Waals surface area (Å²) < 4.78 is 0. The van der Waals surface area contributed by atoms with Crippen molar-refractivity contribution >= 4 is 10.9 Å². The number of fused-ring (bicyclic) bond motifs is 4. The molecule has 0 aliphatic heterocycles. The number of aromatic nitrogens is 3. The standard InChI is InChI=1S/C28H21N3/c1-28(2)24-15-20(26-8-6-21(17-31-26)18-9-12-29-13-10-18)5-7-22(24)23-14-19-4-3-11-30-27(19)16-25(23)28/h3-17H,1-2H3. The molecule has 3 heterocycles. The highest BCUT2D eigenvalue weighted by atomic mass is 14.7. The van der Waals surface area contributed by atoms with Gasteiger partial charge in [0.15, 0.2) is 0 Å². The summed E-state index contributed by atoms with van der Waals surface area (Å²) in [6, 6.07) is 23.7. The van der Waals surface area contributed by atoms with E-state index in [1.54, 1.807) is 0 Å². The molecule has 0 atom stereocenters. The van der Waals surface area contributed by atoms with Crippen LogP contribution in [0, 0.1) is 0 Å². The minimum Gasteiger partial charge on any atom is -0.265 e. The third-order valence-corrected chi connectivity index (χ3v) is 6.47. The normalized spacial score (nSPS) is 13.7. The van der Waals surface area contributed by atoms with Crippen LogP contribution in [0.25, 0.3) is 44.4 Å². The second kappa shape index (κ2) is 6.58. The Labute approximate surface area is 181 Å². The summed E-state index contributed by atoms with van der Waals surface area (Å²) >= 11 is 0. The minimum absolute atomic E-state index is 0.0800. The number of rotatable bonds is 2. The van der Waals surface area contributed by atoms with Crippen LogP contribution >= 0.6 is 0 Å². The maximum absolute atomic E-state index is 4.76. The van der Waals surface area contributed by atoms with Gasteiger partial charge in [0.2, 0.25) is 0 Å². The van der Waals surface area contributed by atoms with Crippen LogP contribution in [0.4, 0.5) is 0 Å². The maximum Gasteiger partial charge on any atom is 0.0705 e. The molecule has 0 amide bonds. The lowest BCUT2D eigenvalue weighted by Gasteiger charge is -2.22. The van der Waals surface area contributed by atoms with Gasteiger partial charge in [-0.1, -0.05) is 38.1 Å². The number of pyridine rings is 3. The lowest BCUT2D eigenvalue weighted by atomic mass is 9.81. The van der Waals surface area contributed by atoms with Crippen LogP contribution in [0.15, 0.2) is 91.5 Å².